The number of fused-ring (bicyclic) bond motifs is 1. The first-order valence-corrected chi connectivity index (χ1v) is 8.46. The number of aromatic nitrogens is 2. The molecule has 0 radical (unpaired) electrons. The van der Waals surface area contributed by atoms with Crippen molar-refractivity contribution in [1.29, 1.82) is 0 Å². The summed E-state index contributed by atoms with van der Waals surface area (Å²) in [5, 5.41) is 11.3. The van der Waals surface area contributed by atoms with Crippen molar-refractivity contribution >= 4 is 22.7 Å². The highest BCUT2D eigenvalue weighted by Crippen LogP contribution is 2.21. The van der Waals surface area contributed by atoms with Crippen LogP contribution in [-0.2, 0) is 16.1 Å². The van der Waals surface area contributed by atoms with Gasteiger partial charge in [0.15, 0.2) is 0 Å². The number of benzene rings is 1. The Morgan fingerprint density at radius 1 is 1.46 bits per heavy atom. The van der Waals surface area contributed by atoms with E-state index in [4.69, 9.17) is 0 Å². The smallest absolute Gasteiger partial charge is 0.225 e. The van der Waals surface area contributed by atoms with Gasteiger partial charge in [-0.1, -0.05) is 11.6 Å². The van der Waals surface area contributed by atoms with Gasteiger partial charge in [0.25, 0.3) is 0 Å². The molecule has 0 unspecified atom stereocenters. The van der Waals surface area contributed by atoms with Gasteiger partial charge in [-0.25, -0.2) is 0 Å². The Kier molecular flexibility index (Phi) is 4.55. The number of carbonyl (C=O) groups excluding carboxylic acids is 2. The van der Waals surface area contributed by atoms with Crippen molar-refractivity contribution in [2.24, 2.45) is 5.92 Å². The lowest BCUT2D eigenvalue weighted by atomic mass is 9.95. The highest BCUT2D eigenvalue weighted by molar-refractivity contribution is 5.85. The highest BCUT2D eigenvalue weighted by Gasteiger charge is 2.31. The van der Waals surface area contributed by atoms with Crippen LogP contribution < -0.4 is 5.32 Å². The lowest BCUT2D eigenvalue weighted by Crippen LogP contribution is -2.48. The zero-order valence-corrected chi connectivity index (χ0v) is 14.4. The molecule has 0 saturated carbocycles. The zero-order chi connectivity index (χ0) is 17.3. The van der Waals surface area contributed by atoms with Gasteiger partial charge in [0.1, 0.15) is 0 Å². The third-order valence-electron chi connectivity index (χ3n) is 4.67. The summed E-state index contributed by atoms with van der Waals surface area (Å²) in [5.41, 5.74) is 2.98. The lowest BCUT2D eigenvalue weighted by molar-refractivity contribution is -0.140. The van der Waals surface area contributed by atoms with Crippen molar-refractivity contribution in [2.45, 2.75) is 46.2 Å². The molecule has 0 aliphatic carbocycles. The molecular formula is C18H24N4O2. The minimum atomic E-state index is -0.138. The Morgan fingerprint density at radius 2 is 2.25 bits per heavy atom. The summed E-state index contributed by atoms with van der Waals surface area (Å²) in [6, 6.07) is 6.19. The fourth-order valence-corrected chi connectivity index (χ4v) is 3.22. The predicted molar refractivity (Wildman–Crippen MR) is 92.3 cm³/mol. The van der Waals surface area contributed by atoms with Crippen LogP contribution in [0, 0.1) is 12.8 Å². The van der Waals surface area contributed by atoms with Gasteiger partial charge in [0, 0.05) is 24.4 Å². The molecule has 1 saturated heterocycles. The van der Waals surface area contributed by atoms with Gasteiger partial charge < -0.3 is 10.2 Å². The predicted octanol–water partition coefficient (Wildman–Crippen LogP) is 2.13. The molecule has 2 N–H and O–H groups in total. The van der Waals surface area contributed by atoms with E-state index in [1.54, 1.807) is 4.90 Å². The van der Waals surface area contributed by atoms with Crippen molar-refractivity contribution in [3.8, 4) is 0 Å². The van der Waals surface area contributed by atoms with Crippen LogP contribution in [0.1, 0.15) is 37.9 Å². The minimum Gasteiger partial charge on any atom is -0.350 e. The average Bonchev–Trinajstić information content (AvgIpc) is 2.95. The fourth-order valence-electron chi connectivity index (χ4n) is 3.22. The van der Waals surface area contributed by atoms with Crippen molar-refractivity contribution in [1.82, 2.24) is 20.4 Å². The third kappa shape index (κ3) is 3.27. The Hall–Kier alpha value is -2.37. The number of piperidine rings is 1. The molecule has 1 aromatic heterocycles. The normalized spacial score (nSPS) is 18.4. The molecule has 2 amide bonds. The highest BCUT2D eigenvalue weighted by atomic mass is 16.2. The molecule has 6 heteroatoms. The molecule has 1 aromatic carbocycles. The van der Waals surface area contributed by atoms with E-state index in [0.29, 0.717) is 25.9 Å². The van der Waals surface area contributed by atoms with Gasteiger partial charge in [0.05, 0.1) is 23.7 Å². The average molecular weight is 328 g/mol. The molecule has 3 rings (SSSR count). The molecule has 1 aliphatic heterocycles. The number of amides is 2. The van der Waals surface area contributed by atoms with E-state index >= 15 is 0 Å². The molecule has 1 aliphatic rings. The van der Waals surface area contributed by atoms with Gasteiger partial charge in [0.2, 0.25) is 11.8 Å². The first-order valence-electron chi connectivity index (χ1n) is 8.46. The molecule has 6 nitrogen and oxygen atoms in total. The number of nitrogens with zero attached hydrogens (tertiary/aromatic N) is 2. The summed E-state index contributed by atoms with van der Waals surface area (Å²) in [5.74, 6) is 0.00802. The molecule has 2 aromatic rings. The van der Waals surface area contributed by atoms with E-state index in [1.165, 1.54) is 0 Å². The summed E-state index contributed by atoms with van der Waals surface area (Å²) in [4.78, 5) is 26.2. The molecule has 0 spiro atoms. The van der Waals surface area contributed by atoms with E-state index < -0.39 is 0 Å². The Bertz CT molecular complexity index is 765. The number of aromatic amines is 1. The second-order valence-electron chi connectivity index (χ2n) is 6.82. The van der Waals surface area contributed by atoms with Crippen molar-refractivity contribution < 1.29 is 9.59 Å². The Morgan fingerprint density at radius 3 is 3.00 bits per heavy atom. The van der Waals surface area contributed by atoms with Crippen molar-refractivity contribution in [3.63, 3.8) is 0 Å². The van der Waals surface area contributed by atoms with Gasteiger partial charge >= 0.3 is 0 Å². The number of aryl methyl sites for hydroxylation is 1. The van der Waals surface area contributed by atoms with Crippen LogP contribution in [0.2, 0.25) is 0 Å². The van der Waals surface area contributed by atoms with E-state index in [2.05, 4.69) is 21.6 Å². The molecule has 2 heterocycles. The monoisotopic (exact) mass is 328 g/mol. The van der Waals surface area contributed by atoms with Gasteiger partial charge in [-0.15, -0.1) is 0 Å². The lowest BCUT2D eigenvalue weighted by Gasteiger charge is -2.34. The summed E-state index contributed by atoms with van der Waals surface area (Å²) in [6.45, 7) is 6.93. The number of carbonyl (C=O) groups is 2. The largest absolute Gasteiger partial charge is 0.350 e. The Balaban J connectivity index is 1.64. The van der Waals surface area contributed by atoms with Crippen LogP contribution in [-0.4, -0.2) is 39.5 Å². The molecule has 0 bridgehead atoms. The van der Waals surface area contributed by atoms with Gasteiger partial charge in [-0.3, -0.25) is 14.7 Å². The number of hydrogen-bond donors (Lipinski definition) is 2. The topological polar surface area (TPSA) is 78.1 Å². The van der Waals surface area contributed by atoms with Crippen LogP contribution in [0.5, 0.6) is 0 Å². The summed E-state index contributed by atoms with van der Waals surface area (Å²) < 4.78 is 0. The minimum absolute atomic E-state index is 0.00329. The molecule has 128 valence electrons. The number of hydrogen-bond acceptors (Lipinski definition) is 3. The maximum atomic E-state index is 12.5. The molecular weight excluding hydrogens is 304 g/mol. The fraction of sp³-hybridized carbons (Fsp3) is 0.500. The summed E-state index contributed by atoms with van der Waals surface area (Å²) in [7, 11) is 0. The van der Waals surface area contributed by atoms with Crippen LogP contribution >= 0.6 is 0 Å². The molecule has 24 heavy (non-hydrogen) atoms. The number of H-pyrrole nitrogens is 1. The standard InChI is InChI=1S/C18H24N4O2/c1-11(2)22-10-13(5-7-17(22)23)18(24)19-9-16-14-8-12(3)4-6-15(14)20-21-16/h4,6,8,11,13H,5,7,9-10H2,1-3H3,(H,19,24)(H,20,21)/t13-/m0/s1. The number of rotatable bonds is 4. The van der Waals surface area contributed by atoms with Crippen molar-refractivity contribution in [3.05, 3.63) is 29.5 Å². The maximum Gasteiger partial charge on any atom is 0.225 e. The summed E-state index contributed by atoms with van der Waals surface area (Å²) >= 11 is 0. The van der Waals surface area contributed by atoms with E-state index in [1.807, 2.05) is 32.9 Å². The van der Waals surface area contributed by atoms with Crippen LogP contribution in [0.4, 0.5) is 0 Å². The first kappa shape index (κ1) is 16.5. The van der Waals surface area contributed by atoms with Gasteiger partial charge in [-0.2, -0.15) is 5.10 Å². The van der Waals surface area contributed by atoms with E-state index in [-0.39, 0.29) is 23.8 Å². The maximum absolute atomic E-state index is 12.5. The second kappa shape index (κ2) is 6.63. The van der Waals surface area contributed by atoms with Crippen LogP contribution in [0.25, 0.3) is 10.9 Å². The van der Waals surface area contributed by atoms with Gasteiger partial charge in [-0.05, 0) is 39.3 Å². The number of likely N-dealkylation sites (tertiary alicyclic amines) is 1. The first-order chi connectivity index (χ1) is 11.5. The SMILES string of the molecule is Cc1ccc2n[nH]c(CNC(=O)[C@H]3CCC(=O)N(C(C)C)C3)c2c1. The van der Waals surface area contributed by atoms with Crippen LogP contribution in [0.3, 0.4) is 0 Å². The summed E-state index contributed by atoms with van der Waals surface area (Å²) in [6.07, 6.45) is 1.07. The van der Waals surface area contributed by atoms with Crippen molar-refractivity contribution in [2.75, 3.05) is 6.54 Å². The quantitative estimate of drug-likeness (QED) is 0.902. The second-order valence-corrected chi connectivity index (χ2v) is 6.82. The zero-order valence-electron chi connectivity index (χ0n) is 14.4. The molecule has 1 fully saturated rings. The Labute approximate surface area is 141 Å². The van der Waals surface area contributed by atoms with E-state index in [9.17, 15) is 9.59 Å². The van der Waals surface area contributed by atoms with E-state index in [0.717, 1.165) is 22.2 Å². The van der Waals surface area contributed by atoms with Crippen LogP contribution in [0.15, 0.2) is 18.2 Å². The molecule has 1 atom stereocenters. The third-order valence-corrected chi connectivity index (χ3v) is 4.67. The number of nitrogens with one attached hydrogen (secondary N) is 2.